The van der Waals surface area contributed by atoms with Crippen molar-refractivity contribution in [2.24, 2.45) is 0 Å². The van der Waals surface area contributed by atoms with Gasteiger partial charge in [-0.15, -0.1) is 11.6 Å². The molecule has 12 heavy (non-hydrogen) atoms. The van der Waals surface area contributed by atoms with E-state index in [2.05, 4.69) is 15.9 Å². The Morgan fingerprint density at radius 1 is 1.42 bits per heavy atom. The van der Waals surface area contributed by atoms with E-state index in [1.807, 2.05) is 18.2 Å². The Morgan fingerprint density at radius 2 is 2.00 bits per heavy atom. The van der Waals surface area contributed by atoms with Gasteiger partial charge in [0.1, 0.15) is 0 Å². The second-order valence-electron chi connectivity index (χ2n) is 2.35. The van der Waals surface area contributed by atoms with Gasteiger partial charge in [-0.2, -0.15) is 0 Å². The molecule has 1 aromatic rings. The molecule has 0 N–H and O–H groups in total. The minimum absolute atomic E-state index is 0.0330. The van der Waals surface area contributed by atoms with Crippen LogP contribution < -0.4 is 0 Å². The van der Waals surface area contributed by atoms with Gasteiger partial charge in [0.25, 0.3) is 0 Å². The van der Waals surface area contributed by atoms with Crippen LogP contribution >= 0.6 is 27.5 Å². The standard InChI is InChI=1S/C9H8BrClO/c10-8(6-11)9(12)7-4-2-1-3-5-7/h1-5,8H,6H2/t8-/m1/s1. The van der Waals surface area contributed by atoms with Crippen molar-refractivity contribution in [1.82, 2.24) is 0 Å². The van der Waals surface area contributed by atoms with E-state index in [1.54, 1.807) is 12.1 Å². The lowest BCUT2D eigenvalue weighted by atomic mass is 10.1. The molecular weight excluding hydrogens is 239 g/mol. The third-order valence-corrected chi connectivity index (χ3v) is 2.90. The fourth-order valence-corrected chi connectivity index (χ4v) is 1.26. The molecule has 1 rings (SSSR count). The minimum Gasteiger partial charge on any atom is -0.293 e. The maximum atomic E-state index is 11.4. The average Bonchev–Trinajstić information content (AvgIpc) is 2.17. The van der Waals surface area contributed by atoms with Gasteiger partial charge in [0.15, 0.2) is 5.78 Å². The van der Waals surface area contributed by atoms with Crippen molar-refractivity contribution in [2.75, 3.05) is 5.88 Å². The fourth-order valence-electron chi connectivity index (χ4n) is 0.853. The first kappa shape index (κ1) is 9.75. The first-order chi connectivity index (χ1) is 5.75. The number of carbonyl (C=O) groups is 1. The number of halogens is 2. The van der Waals surface area contributed by atoms with E-state index < -0.39 is 0 Å². The largest absolute Gasteiger partial charge is 0.293 e. The summed E-state index contributed by atoms with van der Waals surface area (Å²) in [6.45, 7) is 0. The van der Waals surface area contributed by atoms with E-state index in [9.17, 15) is 4.79 Å². The number of hydrogen-bond donors (Lipinski definition) is 0. The lowest BCUT2D eigenvalue weighted by Gasteiger charge is -2.03. The lowest BCUT2D eigenvalue weighted by Crippen LogP contribution is -2.15. The van der Waals surface area contributed by atoms with Crippen LogP contribution in [-0.2, 0) is 0 Å². The van der Waals surface area contributed by atoms with Crippen LogP contribution in [0.2, 0.25) is 0 Å². The number of alkyl halides is 2. The van der Waals surface area contributed by atoms with Crippen molar-refractivity contribution >= 4 is 33.3 Å². The highest BCUT2D eigenvalue weighted by Crippen LogP contribution is 2.11. The zero-order valence-corrected chi connectivity index (χ0v) is 8.68. The van der Waals surface area contributed by atoms with E-state index in [-0.39, 0.29) is 10.6 Å². The third kappa shape index (κ3) is 2.32. The molecule has 0 aromatic heterocycles. The zero-order valence-electron chi connectivity index (χ0n) is 6.34. The van der Waals surface area contributed by atoms with Crippen LogP contribution in [0, 0.1) is 0 Å². The Labute approximate surface area is 84.9 Å². The summed E-state index contributed by atoms with van der Waals surface area (Å²) in [5, 5.41) is 0. The second kappa shape index (κ2) is 4.63. The molecule has 1 aromatic carbocycles. The van der Waals surface area contributed by atoms with Crippen LogP contribution in [0.5, 0.6) is 0 Å². The highest BCUT2D eigenvalue weighted by Gasteiger charge is 2.14. The van der Waals surface area contributed by atoms with Crippen molar-refractivity contribution in [2.45, 2.75) is 4.83 Å². The van der Waals surface area contributed by atoms with Crippen molar-refractivity contribution < 1.29 is 4.79 Å². The normalized spacial score (nSPS) is 12.5. The summed E-state index contributed by atoms with van der Waals surface area (Å²) in [5.41, 5.74) is 0.694. The Morgan fingerprint density at radius 3 is 2.50 bits per heavy atom. The van der Waals surface area contributed by atoms with Crippen LogP contribution in [0.1, 0.15) is 10.4 Å². The first-order valence-corrected chi connectivity index (χ1v) is 5.00. The summed E-state index contributed by atoms with van der Waals surface area (Å²) in [4.78, 5) is 11.2. The maximum absolute atomic E-state index is 11.4. The maximum Gasteiger partial charge on any atom is 0.177 e. The van der Waals surface area contributed by atoms with Crippen molar-refractivity contribution in [1.29, 1.82) is 0 Å². The first-order valence-electron chi connectivity index (χ1n) is 3.55. The van der Waals surface area contributed by atoms with Crippen molar-refractivity contribution in [3.05, 3.63) is 35.9 Å². The minimum atomic E-state index is -0.276. The smallest absolute Gasteiger partial charge is 0.177 e. The summed E-state index contributed by atoms with van der Waals surface area (Å²) in [7, 11) is 0. The molecule has 0 radical (unpaired) electrons. The van der Waals surface area contributed by atoms with Gasteiger partial charge in [-0.3, -0.25) is 4.79 Å². The second-order valence-corrected chi connectivity index (χ2v) is 3.77. The van der Waals surface area contributed by atoms with Gasteiger partial charge in [-0.05, 0) is 0 Å². The third-order valence-electron chi connectivity index (χ3n) is 1.48. The van der Waals surface area contributed by atoms with Crippen LogP contribution in [0.3, 0.4) is 0 Å². The molecule has 0 saturated carbocycles. The molecule has 0 aliphatic heterocycles. The van der Waals surface area contributed by atoms with Crippen LogP contribution in [0.25, 0.3) is 0 Å². The zero-order chi connectivity index (χ0) is 8.97. The van der Waals surface area contributed by atoms with E-state index in [1.165, 1.54) is 0 Å². The summed E-state index contributed by atoms with van der Waals surface area (Å²) in [6, 6.07) is 9.11. The Hall–Kier alpha value is -0.340. The Kier molecular flexibility index (Phi) is 3.76. The highest BCUT2D eigenvalue weighted by molar-refractivity contribution is 9.10. The molecule has 0 spiro atoms. The fraction of sp³-hybridized carbons (Fsp3) is 0.222. The SMILES string of the molecule is O=C(c1ccccc1)[C@H](Br)CCl. The molecule has 1 nitrogen and oxygen atoms in total. The van der Waals surface area contributed by atoms with E-state index in [4.69, 9.17) is 11.6 Å². The number of Topliss-reactive ketones (excluding diaryl/α,β-unsaturated/α-hetero) is 1. The molecule has 0 aliphatic rings. The topological polar surface area (TPSA) is 17.1 Å². The molecule has 0 saturated heterocycles. The van der Waals surface area contributed by atoms with Crippen molar-refractivity contribution in [3.63, 3.8) is 0 Å². The van der Waals surface area contributed by atoms with Crippen molar-refractivity contribution in [3.8, 4) is 0 Å². The van der Waals surface area contributed by atoms with Crippen LogP contribution in [-0.4, -0.2) is 16.5 Å². The number of hydrogen-bond acceptors (Lipinski definition) is 1. The molecule has 0 unspecified atom stereocenters. The molecular formula is C9H8BrClO. The molecule has 1 atom stereocenters. The van der Waals surface area contributed by atoms with Crippen LogP contribution in [0.15, 0.2) is 30.3 Å². The Balaban J connectivity index is 2.79. The summed E-state index contributed by atoms with van der Waals surface area (Å²) in [5.74, 6) is 0.332. The lowest BCUT2D eigenvalue weighted by molar-refractivity contribution is 0.0997. The van der Waals surface area contributed by atoms with Gasteiger partial charge >= 0.3 is 0 Å². The van der Waals surface area contributed by atoms with Gasteiger partial charge in [0.05, 0.1) is 4.83 Å². The molecule has 0 bridgehead atoms. The highest BCUT2D eigenvalue weighted by atomic mass is 79.9. The number of carbonyl (C=O) groups excluding carboxylic acids is 1. The van der Waals surface area contributed by atoms with Gasteiger partial charge in [0, 0.05) is 11.4 Å². The molecule has 0 amide bonds. The van der Waals surface area contributed by atoms with E-state index in [0.717, 1.165) is 0 Å². The average molecular weight is 248 g/mol. The van der Waals surface area contributed by atoms with E-state index in [0.29, 0.717) is 11.4 Å². The van der Waals surface area contributed by atoms with Gasteiger partial charge in [-0.25, -0.2) is 0 Å². The van der Waals surface area contributed by atoms with Gasteiger partial charge < -0.3 is 0 Å². The molecule has 3 heteroatoms. The number of benzene rings is 1. The quantitative estimate of drug-likeness (QED) is 0.593. The Bertz CT molecular complexity index is 260. The number of ketones is 1. The monoisotopic (exact) mass is 246 g/mol. The van der Waals surface area contributed by atoms with Crippen LogP contribution in [0.4, 0.5) is 0 Å². The molecule has 64 valence electrons. The molecule has 0 aliphatic carbocycles. The molecule has 0 fully saturated rings. The molecule has 0 heterocycles. The predicted molar refractivity (Wildman–Crippen MR) is 54.2 cm³/mol. The van der Waals surface area contributed by atoms with Gasteiger partial charge in [-0.1, -0.05) is 46.3 Å². The summed E-state index contributed by atoms with van der Waals surface area (Å²) >= 11 is 8.73. The van der Waals surface area contributed by atoms with E-state index >= 15 is 0 Å². The number of rotatable bonds is 3. The summed E-state index contributed by atoms with van der Waals surface area (Å²) in [6.07, 6.45) is 0. The van der Waals surface area contributed by atoms with Gasteiger partial charge in [0.2, 0.25) is 0 Å². The summed E-state index contributed by atoms with van der Waals surface area (Å²) < 4.78 is 0. The predicted octanol–water partition coefficient (Wildman–Crippen LogP) is 2.87.